The summed E-state index contributed by atoms with van der Waals surface area (Å²) in [5.74, 6) is -1.50. The first-order valence-corrected chi connectivity index (χ1v) is 11.1. The molecule has 176 valence electrons. The van der Waals surface area contributed by atoms with Gasteiger partial charge in [0.1, 0.15) is 12.6 Å². The fraction of sp³-hybridized carbons (Fsp3) is 0.400. The molecule has 0 saturated carbocycles. The summed E-state index contributed by atoms with van der Waals surface area (Å²) in [5, 5.41) is 13.9. The molecule has 3 N–H and O–H groups in total. The van der Waals surface area contributed by atoms with Crippen LogP contribution >= 0.6 is 0 Å². The van der Waals surface area contributed by atoms with E-state index in [1.165, 1.54) is 0 Å². The molecule has 3 rings (SSSR count). The van der Waals surface area contributed by atoms with Crippen LogP contribution in [0.3, 0.4) is 0 Å². The zero-order chi connectivity index (χ0) is 23.8. The van der Waals surface area contributed by atoms with E-state index < -0.39 is 18.1 Å². The van der Waals surface area contributed by atoms with Crippen LogP contribution in [0.2, 0.25) is 0 Å². The highest BCUT2D eigenvalue weighted by atomic mass is 16.5. The Morgan fingerprint density at radius 3 is 2.15 bits per heavy atom. The third-order valence-corrected chi connectivity index (χ3v) is 5.57. The highest BCUT2D eigenvalue weighted by molar-refractivity contribution is 5.86. The van der Waals surface area contributed by atoms with Gasteiger partial charge >= 0.3 is 12.1 Å². The molecule has 0 aromatic heterocycles. The van der Waals surface area contributed by atoms with E-state index in [1.54, 1.807) is 0 Å². The molecule has 2 amide bonds. The molecule has 8 heteroatoms. The van der Waals surface area contributed by atoms with Crippen LogP contribution in [0.1, 0.15) is 37.3 Å². The number of benzene rings is 2. The number of carboxylic acid groups (broad SMARTS) is 1. The van der Waals surface area contributed by atoms with Gasteiger partial charge in [-0.15, -0.1) is 0 Å². The van der Waals surface area contributed by atoms with Crippen molar-refractivity contribution in [3.05, 3.63) is 59.7 Å². The second-order valence-electron chi connectivity index (χ2n) is 8.24. The van der Waals surface area contributed by atoms with Crippen LogP contribution in [0, 0.1) is 5.92 Å². The molecule has 0 aliphatic heterocycles. The lowest BCUT2D eigenvalue weighted by molar-refractivity contribution is -0.138. The molecule has 2 aromatic rings. The molecular formula is C25H30N2O6. The lowest BCUT2D eigenvalue weighted by Gasteiger charge is -2.22. The first kappa shape index (κ1) is 24.3. The number of aliphatic carboxylic acids is 1. The topological polar surface area (TPSA) is 114 Å². The lowest BCUT2D eigenvalue weighted by atomic mass is 9.98. The van der Waals surface area contributed by atoms with E-state index in [2.05, 4.69) is 22.8 Å². The molecule has 33 heavy (non-hydrogen) atoms. The Kier molecular flexibility index (Phi) is 8.43. The molecule has 8 nitrogen and oxygen atoms in total. The summed E-state index contributed by atoms with van der Waals surface area (Å²) in [4.78, 5) is 35.5. The normalized spacial score (nSPS) is 13.2. The van der Waals surface area contributed by atoms with Crippen molar-refractivity contribution in [1.29, 1.82) is 0 Å². The van der Waals surface area contributed by atoms with Crippen molar-refractivity contribution in [2.24, 2.45) is 5.92 Å². The number of carboxylic acids is 1. The van der Waals surface area contributed by atoms with E-state index in [0.717, 1.165) is 22.3 Å². The van der Waals surface area contributed by atoms with Crippen molar-refractivity contribution in [2.75, 3.05) is 26.4 Å². The number of fused-ring (bicyclic) bond motifs is 3. The number of rotatable bonds is 11. The maximum Gasteiger partial charge on any atom is 0.407 e. The highest BCUT2D eigenvalue weighted by Gasteiger charge is 2.30. The third-order valence-electron chi connectivity index (χ3n) is 5.57. The van der Waals surface area contributed by atoms with E-state index in [0.29, 0.717) is 0 Å². The first-order valence-electron chi connectivity index (χ1n) is 11.1. The quantitative estimate of drug-likeness (QED) is 0.450. The number of ether oxygens (including phenoxy) is 2. The largest absolute Gasteiger partial charge is 0.481 e. The minimum atomic E-state index is -0.939. The summed E-state index contributed by atoms with van der Waals surface area (Å²) >= 11 is 0. The van der Waals surface area contributed by atoms with Gasteiger partial charge in [0.05, 0.1) is 19.6 Å². The number of nitrogens with one attached hydrogen (secondary N) is 2. The van der Waals surface area contributed by atoms with Crippen LogP contribution in [0.15, 0.2) is 48.5 Å². The molecule has 0 radical (unpaired) electrons. The molecule has 1 atom stereocenters. The van der Waals surface area contributed by atoms with Crippen molar-refractivity contribution in [3.63, 3.8) is 0 Å². The van der Waals surface area contributed by atoms with Gasteiger partial charge in [0.25, 0.3) is 0 Å². The minimum absolute atomic E-state index is 0.0579. The summed E-state index contributed by atoms with van der Waals surface area (Å²) < 4.78 is 10.7. The molecule has 1 aliphatic carbocycles. The predicted molar refractivity (Wildman–Crippen MR) is 123 cm³/mol. The molecule has 1 unspecified atom stereocenters. The SMILES string of the molecule is CC(C)C(NC(=O)OCC1c2ccccc2-c2ccccc21)C(=O)NCCOCCC(=O)O. The summed E-state index contributed by atoms with van der Waals surface area (Å²) in [6.45, 7) is 4.32. The number of hydrogen-bond donors (Lipinski definition) is 3. The van der Waals surface area contributed by atoms with E-state index in [4.69, 9.17) is 14.6 Å². The first-order chi connectivity index (χ1) is 15.9. The number of carbonyl (C=O) groups excluding carboxylic acids is 2. The summed E-state index contributed by atoms with van der Waals surface area (Å²) in [5.41, 5.74) is 4.53. The van der Waals surface area contributed by atoms with Crippen LogP contribution in [-0.2, 0) is 19.1 Å². The van der Waals surface area contributed by atoms with Crippen LogP contribution in [0.5, 0.6) is 0 Å². The predicted octanol–water partition coefficient (Wildman–Crippen LogP) is 3.16. The van der Waals surface area contributed by atoms with Crippen LogP contribution in [-0.4, -0.2) is 55.5 Å². The summed E-state index contributed by atoms with van der Waals surface area (Å²) in [6.07, 6.45) is -0.741. The second kappa shape index (κ2) is 11.5. The highest BCUT2D eigenvalue weighted by Crippen LogP contribution is 2.44. The zero-order valence-electron chi connectivity index (χ0n) is 18.9. The Morgan fingerprint density at radius 2 is 1.58 bits per heavy atom. The summed E-state index contributed by atoms with van der Waals surface area (Å²) in [6, 6.07) is 15.4. The number of carbonyl (C=O) groups is 3. The van der Waals surface area contributed by atoms with Crippen LogP contribution in [0.4, 0.5) is 4.79 Å². The average Bonchev–Trinajstić information content (AvgIpc) is 3.11. The molecule has 0 heterocycles. The maximum atomic E-state index is 12.5. The van der Waals surface area contributed by atoms with Gasteiger partial charge in [-0.3, -0.25) is 9.59 Å². The van der Waals surface area contributed by atoms with Gasteiger partial charge in [-0.1, -0.05) is 62.4 Å². The van der Waals surface area contributed by atoms with E-state index in [1.807, 2.05) is 50.2 Å². The Hall–Kier alpha value is -3.39. The standard InChI is InChI=1S/C25H30N2O6/c1-16(2)23(24(30)26-12-14-32-13-11-22(28)29)27-25(31)33-15-21-19-9-5-3-7-17(19)18-8-4-6-10-20(18)21/h3-10,16,21,23H,11-15H2,1-2H3,(H,26,30)(H,27,31)(H,28,29). The molecule has 0 bridgehead atoms. The van der Waals surface area contributed by atoms with E-state index in [9.17, 15) is 14.4 Å². The Labute approximate surface area is 193 Å². The van der Waals surface area contributed by atoms with Crippen molar-refractivity contribution in [3.8, 4) is 11.1 Å². The van der Waals surface area contributed by atoms with Crippen molar-refractivity contribution < 1.29 is 29.0 Å². The second-order valence-corrected chi connectivity index (χ2v) is 8.24. The van der Waals surface area contributed by atoms with Gasteiger partial charge in [-0.2, -0.15) is 0 Å². The van der Waals surface area contributed by atoms with Crippen LogP contribution < -0.4 is 10.6 Å². The number of amides is 2. The van der Waals surface area contributed by atoms with Gasteiger partial charge in [0.2, 0.25) is 5.91 Å². The number of hydrogen-bond acceptors (Lipinski definition) is 5. The van der Waals surface area contributed by atoms with Gasteiger partial charge in [0.15, 0.2) is 0 Å². The summed E-state index contributed by atoms with van der Waals surface area (Å²) in [7, 11) is 0. The van der Waals surface area contributed by atoms with Crippen molar-refractivity contribution in [1.82, 2.24) is 10.6 Å². The monoisotopic (exact) mass is 454 g/mol. The smallest absolute Gasteiger partial charge is 0.407 e. The molecule has 0 spiro atoms. The number of alkyl carbamates (subject to hydrolysis) is 1. The Balaban J connectivity index is 1.51. The van der Waals surface area contributed by atoms with Gasteiger partial charge in [-0.05, 0) is 28.2 Å². The Morgan fingerprint density at radius 1 is 0.970 bits per heavy atom. The lowest BCUT2D eigenvalue weighted by Crippen LogP contribution is -2.50. The van der Waals surface area contributed by atoms with Gasteiger partial charge in [-0.25, -0.2) is 4.79 Å². The van der Waals surface area contributed by atoms with Gasteiger partial charge in [0, 0.05) is 12.5 Å². The van der Waals surface area contributed by atoms with Crippen molar-refractivity contribution in [2.45, 2.75) is 32.2 Å². The third kappa shape index (κ3) is 6.32. The molecule has 1 aliphatic rings. The van der Waals surface area contributed by atoms with Crippen LogP contribution in [0.25, 0.3) is 11.1 Å². The van der Waals surface area contributed by atoms with Gasteiger partial charge < -0.3 is 25.2 Å². The zero-order valence-corrected chi connectivity index (χ0v) is 18.9. The molecule has 0 fully saturated rings. The molecule has 0 saturated heterocycles. The average molecular weight is 455 g/mol. The molecule has 2 aromatic carbocycles. The fourth-order valence-electron chi connectivity index (χ4n) is 3.92. The van der Waals surface area contributed by atoms with E-state index in [-0.39, 0.29) is 50.5 Å². The maximum absolute atomic E-state index is 12.5. The van der Waals surface area contributed by atoms with E-state index >= 15 is 0 Å². The minimum Gasteiger partial charge on any atom is -0.481 e. The Bertz CT molecular complexity index is 945. The molecular weight excluding hydrogens is 424 g/mol. The van der Waals surface area contributed by atoms with Crippen molar-refractivity contribution >= 4 is 18.0 Å². The fourth-order valence-corrected chi connectivity index (χ4v) is 3.92.